The molecule has 1 aliphatic rings. The standard InChI is InChI=1S/C19H28ClN3O2.ClH/c1-12(2)10-17(19(25)22-16-5-3-4-14(16)11-21)23-18(24)13-6-8-15(20)9-7-13;/h6-9,12,14,16-17H,3-5,10-11,21H2,1-2H3,(H,22,25)(H,23,24);1H. The van der Waals surface area contributed by atoms with Gasteiger partial charge in [0.05, 0.1) is 0 Å². The Kier molecular flexibility index (Phi) is 9.41. The first kappa shape index (κ1) is 22.7. The lowest BCUT2D eigenvalue weighted by atomic mass is 10.00. The normalized spacial score (nSPS) is 20.3. The highest BCUT2D eigenvalue weighted by atomic mass is 35.5. The molecule has 26 heavy (non-hydrogen) atoms. The fourth-order valence-corrected chi connectivity index (χ4v) is 3.46. The van der Waals surface area contributed by atoms with Crippen molar-refractivity contribution in [1.29, 1.82) is 0 Å². The molecule has 1 saturated carbocycles. The number of hydrogen-bond donors (Lipinski definition) is 3. The second-order valence-electron chi connectivity index (χ2n) is 7.20. The van der Waals surface area contributed by atoms with E-state index in [4.69, 9.17) is 17.3 Å². The van der Waals surface area contributed by atoms with Crippen LogP contribution < -0.4 is 16.4 Å². The van der Waals surface area contributed by atoms with Gasteiger partial charge in [-0.15, -0.1) is 12.4 Å². The van der Waals surface area contributed by atoms with Crippen molar-refractivity contribution < 1.29 is 9.59 Å². The van der Waals surface area contributed by atoms with Gasteiger partial charge >= 0.3 is 0 Å². The summed E-state index contributed by atoms with van der Waals surface area (Å²) in [5.41, 5.74) is 6.29. The number of amides is 2. The van der Waals surface area contributed by atoms with Crippen molar-refractivity contribution in [1.82, 2.24) is 10.6 Å². The molecule has 1 aromatic rings. The number of rotatable bonds is 7. The summed E-state index contributed by atoms with van der Waals surface area (Å²) >= 11 is 5.86. The molecule has 1 aromatic carbocycles. The minimum Gasteiger partial charge on any atom is -0.351 e. The Hall–Kier alpha value is -1.30. The van der Waals surface area contributed by atoms with Crippen LogP contribution in [0.2, 0.25) is 5.02 Å². The average Bonchev–Trinajstić information content (AvgIpc) is 3.01. The first-order chi connectivity index (χ1) is 11.9. The first-order valence-corrected chi connectivity index (χ1v) is 9.35. The Balaban J connectivity index is 0.00000338. The summed E-state index contributed by atoms with van der Waals surface area (Å²) in [5.74, 6) is 0.228. The molecule has 0 spiro atoms. The SMILES string of the molecule is CC(C)CC(NC(=O)c1ccc(Cl)cc1)C(=O)NC1CCCC1CN.Cl. The average molecular weight is 402 g/mol. The third kappa shape index (κ3) is 6.45. The van der Waals surface area contributed by atoms with E-state index in [2.05, 4.69) is 10.6 Å². The zero-order valence-corrected chi connectivity index (χ0v) is 16.9. The minimum atomic E-state index is -0.554. The second-order valence-corrected chi connectivity index (χ2v) is 7.64. The maximum Gasteiger partial charge on any atom is 0.251 e. The molecule has 0 bridgehead atoms. The highest BCUT2D eigenvalue weighted by Gasteiger charge is 2.30. The highest BCUT2D eigenvalue weighted by Crippen LogP contribution is 2.24. The van der Waals surface area contributed by atoms with E-state index in [1.165, 1.54) is 0 Å². The monoisotopic (exact) mass is 401 g/mol. The lowest BCUT2D eigenvalue weighted by Gasteiger charge is -2.25. The molecule has 3 unspecified atom stereocenters. The highest BCUT2D eigenvalue weighted by molar-refractivity contribution is 6.30. The molecule has 0 aromatic heterocycles. The van der Waals surface area contributed by atoms with E-state index >= 15 is 0 Å². The summed E-state index contributed by atoms with van der Waals surface area (Å²) in [4.78, 5) is 25.2. The van der Waals surface area contributed by atoms with Crippen molar-refractivity contribution in [3.63, 3.8) is 0 Å². The molecule has 7 heteroatoms. The van der Waals surface area contributed by atoms with Crippen LogP contribution in [-0.2, 0) is 4.79 Å². The van der Waals surface area contributed by atoms with E-state index in [1.54, 1.807) is 24.3 Å². The van der Waals surface area contributed by atoms with E-state index in [1.807, 2.05) is 13.8 Å². The Morgan fingerprint density at radius 1 is 1.23 bits per heavy atom. The summed E-state index contributed by atoms with van der Waals surface area (Å²) < 4.78 is 0. The quantitative estimate of drug-likeness (QED) is 0.655. The molecule has 146 valence electrons. The van der Waals surface area contributed by atoms with Gasteiger partial charge in [0.1, 0.15) is 6.04 Å². The maximum absolute atomic E-state index is 12.7. The van der Waals surface area contributed by atoms with Crippen LogP contribution >= 0.6 is 24.0 Å². The lowest BCUT2D eigenvalue weighted by molar-refractivity contribution is -0.124. The number of carbonyl (C=O) groups is 2. The number of hydrogen-bond acceptors (Lipinski definition) is 3. The van der Waals surface area contributed by atoms with Crippen LogP contribution in [0.15, 0.2) is 24.3 Å². The molecule has 0 radical (unpaired) electrons. The summed E-state index contributed by atoms with van der Waals surface area (Å²) in [6.07, 6.45) is 3.67. The van der Waals surface area contributed by atoms with Crippen LogP contribution in [-0.4, -0.2) is 30.4 Å². The molecular weight excluding hydrogens is 373 g/mol. The Morgan fingerprint density at radius 3 is 2.46 bits per heavy atom. The first-order valence-electron chi connectivity index (χ1n) is 8.97. The topological polar surface area (TPSA) is 84.2 Å². The van der Waals surface area contributed by atoms with E-state index in [0.29, 0.717) is 29.5 Å². The molecule has 5 nitrogen and oxygen atoms in total. The third-order valence-corrected chi connectivity index (χ3v) is 4.98. The number of carbonyl (C=O) groups excluding carboxylic acids is 2. The molecule has 3 atom stereocenters. The smallest absolute Gasteiger partial charge is 0.251 e. The van der Waals surface area contributed by atoms with Crippen molar-refractivity contribution >= 4 is 35.8 Å². The Morgan fingerprint density at radius 2 is 1.88 bits per heavy atom. The van der Waals surface area contributed by atoms with Gasteiger partial charge in [0.15, 0.2) is 0 Å². The van der Waals surface area contributed by atoms with Crippen LogP contribution in [0.5, 0.6) is 0 Å². The Labute approximate surface area is 166 Å². The van der Waals surface area contributed by atoms with Crippen LogP contribution in [0.4, 0.5) is 0 Å². The minimum absolute atomic E-state index is 0. The number of halogens is 2. The zero-order chi connectivity index (χ0) is 18.4. The summed E-state index contributed by atoms with van der Waals surface area (Å²) in [5, 5.41) is 6.53. The predicted octanol–water partition coefficient (Wildman–Crippen LogP) is 3.15. The largest absolute Gasteiger partial charge is 0.351 e. The van der Waals surface area contributed by atoms with Gasteiger partial charge in [0.25, 0.3) is 5.91 Å². The van der Waals surface area contributed by atoms with E-state index in [0.717, 1.165) is 19.3 Å². The molecule has 4 N–H and O–H groups in total. The van der Waals surface area contributed by atoms with Crippen molar-refractivity contribution in [3.8, 4) is 0 Å². The van der Waals surface area contributed by atoms with Gasteiger partial charge in [-0.1, -0.05) is 31.9 Å². The summed E-state index contributed by atoms with van der Waals surface area (Å²) in [6, 6.07) is 6.20. The van der Waals surface area contributed by atoms with Gasteiger partial charge in [-0.05, 0) is 61.9 Å². The summed E-state index contributed by atoms with van der Waals surface area (Å²) in [7, 11) is 0. The fourth-order valence-electron chi connectivity index (χ4n) is 3.34. The predicted molar refractivity (Wildman–Crippen MR) is 108 cm³/mol. The zero-order valence-electron chi connectivity index (χ0n) is 15.3. The number of nitrogens with two attached hydrogens (primary N) is 1. The van der Waals surface area contributed by atoms with Gasteiger partial charge in [0, 0.05) is 16.6 Å². The molecular formula is C19H29Cl2N3O2. The van der Waals surface area contributed by atoms with Crippen molar-refractivity contribution in [2.75, 3.05) is 6.54 Å². The molecule has 0 heterocycles. The maximum atomic E-state index is 12.7. The van der Waals surface area contributed by atoms with Gasteiger partial charge in [-0.2, -0.15) is 0 Å². The second kappa shape index (κ2) is 10.8. The van der Waals surface area contributed by atoms with Gasteiger partial charge in [-0.3, -0.25) is 9.59 Å². The third-order valence-electron chi connectivity index (χ3n) is 4.72. The van der Waals surface area contributed by atoms with Crippen LogP contribution in [0.25, 0.3) is 0 Å². The van der Waals surface area contributed by atoms with Gasteiger partial charge in [0.2, 0.25) is 5.91 Å². The molecule has 0 aliphatic heterocycles. The molecule has 2 amide bonds. The summed E-state index contributed by atoms with van der Waals surface area (Å²) in [6.45, 7) is 4.65. The van der Waals surface area contributed by atoms with Gasteiger partial charge in [-0.25, -0.2) is 0 Å². The molecule has 2 rings (SSSR count). The van der Waals surface area contributed by atoms with Crippen molar-refractivity contribution in [3.05, 3.63) is 34.9 Å². The molecule has 1 fully saturated rings. The van der Waals surface area contributed by atoms with Crippen molar-refractivity contribution in [2.45, 2.75) is 51.6 Å². The molecule has 0 saturated heterocycles. The molecule has 1 aliphatic carbocycles. The van der Waals surface area contributed by atoms with Crippen LogP contribution in [0, 0.1) is 11.8 Å². The fraction of sp³-hybridized carbons (Fsp3) is 0.579. The van der Waals surface area contributed by atoms with Crippen LogP contribution in [0.1, 0.15) is 49.9 Å². The van der Waals surface area contributed by atoms with E-state index < -0.39 is 6.04 Å². The number of benzene rings is 1. The van der Waals surface area contributed by atoms with Crippen LogP contribution in [0.3, 0.4) is 0 Å². The Bertz CT molecular complexity index is 593. The van der Waals surface area contributed by atoms with Gasteiger partial charge < -0.3 is 16.4 Å². The van der Waals surface area contributed by atoms with Crippen molar-refractivity contribution in [2.24, 2.45) is 17.6 Å². The van der Waals surface area contributed by atoms with E-state index in [9.17, 15) is 9.59 Å². The van der Waals surface area contributed by atoms with E-state index in [-0.39, 0.29) is 36.2 Å². The lowest BCUT2D eigenvalue weighted by Crippen LogP contribution is -2.51. The number of nitrogens with one attached hydrogen (secondary N) is 2.